The van der Waals surface area contributed by atoms with Gasteiger partial charge in [-0.15, -0.1) is 0 Å². The Morgan fingerprint density at radius 3 is 2.53 bits per heavy atom. The summed E-state index contributed by atoms with van der Waals surface area (Å²) in [5.41, 5.74) is 0.269. The minimum absolute atomic E-state index is 0.0744. The fourth-order valence-electron chi connectivity index (χ4n) is 0.939. The zero-order chi connectivity index (χ0) is 11.4. The van der Waals surface area contributed by atoms with Crippen LogP contribution in [0.3, 0.4) is 0 Å². The second-order valence-electron chi connectivity index (χ2n) is 2.81. The molecule has 80 valence electrons. The number of nitrogens with zero attached hydrogens (tertiary/aromatic N) is 1. The van der Waals surface area contributed by atoms with Crippen LogP contribution in [0.1, 0.15) is 23.2 Å². The molecule has 0 aromatic carbocycles. The lowest BCUT2D eigenvalue weighted by Crippen LogP contribution is -2.04. The maximum Gasteiger partial charge on any atom is 0.303 e. The molecule has 0 fully saturated rings. The van der Waals surface area contributed by atoms with Crippen molar-refractivity contribution in [1.82, 2.24) is 4.98 Å². The van der Waals surface area contributed by atoms with Crippen LogP contribution in [0.15, 0.2) is 12.3 Å². The van der Waals surface area contributed by atoms with E-state index in [0.717, 1.165) is 0 Å². The van der Waals surface area contributed by atoms with Gasteiger partial charge < -0.3 is 5.11 Å². The maximum atomic E-state index is 11.4. The highest BCUT2D eigenvalue weighted by molar-refractivity contribution is 6.41. The summed E-state index contributed by atoms with van der Waals surface area (Å²) < 4.78 is 0. The van der Waals surface area contributed by atoms with E-state index < -0.39 is 5.97 Å². The van der Waals surface area contributed by atoms with Crippen molar-refractivity contribution in [2.45, 2.75) is 12.8 Å². The second kappa shape index (κ2) is 5.09. The van der Waals surface area contributed by atoms with Crippen LogP contribution in [0.4, 0.5) is 0 Å². The minimum Gasteiger partial charge on any atom is -0.481 e. The van der Waals surface area contributed by atoms with Gasteiger partial charge in [-0.05, 0) is 6.07 Å². The summed E-state index contributed by atoms with van der Waals surface area (Å²) in [6, 6.07) is 1.38. The fraction of sp³-hybridized carbons (Fsp3) is 0.222. The van der Waals surface area contributed by atoms with Crippen LogP contribution >= 0.6 is 23.2 Å². The second-order valence-corrected chi connectivity index (χ2v) is 3.58. The van der Waals surface area contributed by atoms with Gasteiger partial charge in [0.05, 0.1) is 11.4 Å². The molecule has 0 aliphatic heterocycles. The first-order valence-corrected chi connectivity index (χ1v) is 4.82. The Balaban J connectivity index is 2.74. The molecule has 1 aromatic heterocycles. The van der Waals surface area contributed by atoms with Gasteiger partial charge in [-0.1, -0.05) is 23.2 Å². The van der Waals surface area contributed by atoms with Gasteiger partial charge in [0.15, 0.2) is 5.78 Å². The van der Waals surface area contributed by atoms with Crippen molar-refractivity contribution in [3.63, 3.8) is 0 Å². The SMILES string of the molecule is O=C(O)CCC(=O)c1cnc(Cl)c(Cl)c1. The lowest BCUT2D eigenvalue weighted by molar-refractivity contribution is -0.136. The zero-order valence-electron chi connectivity index (χ0n) is 7.54. The molecular formula is C9H7Cl2NO3. The molecule has 0 aliphatic carbocycles. The summed E-state index contributed by atoms with van der Waals surface area (Å²) in [6.45, 7) is 0. The number of carbonyl (C=O) groups excluding carboxylic acids is 1. The van der Waals surface area contributed by atoms with Gasteiger partial charge in [-0.3, -0.25) is 9.59 Å². The molecule has 0 radical (unpaired) electrons. The predicted molar refractivity (Wildman–Crippen MR) is 55.5 cm³/mol. The van der Waals surface area contributed by atoms with E-state index in [2.05, 4.69) is 4.98 Å². The zero-order valence-corrected chi connectivity index (χ0v) is 9.05. The molecule has 0 saturated heterocycles. The van der Waals surface area contributed by atoms with Crippen LogP contribution in [0, 0.1) is 0 Å². The third kappa shape index (κ3) is 3.49. The van der Waals surface area contributed by atoms with Crippen LogP contribution in [0.2, 0.25) is 10.2 Å². The van der Waals surface area contributed by atoms with Gasteiger partial charge in [-0.2, -0.15) is 0 Å². The first kappa shape index (κ1) is 11.9. The highest BCUT2D eigenvalue weighted by Crippen LogP contribution is 2.20. The molecule has 1 aromatic rings. The largest absolute Gasteiger partial charge is 0.481 e. The van der Waals surface area contributed by atoms with Crippen molar-refractivity contribution in [3.05, 3.63) is 28.0 Å². The number of carbonyl (C=O) groups is 2. The third-order valence-corrected chi connectivity index (χ3v) is 2.37. The normalized spacial score (nSPS) is 10.0. The van der Waals surface area contributed by atoms with Gasteiger partial charge in [0.2, 0.25) is 0 Å². The molecule has 0 saturated carbocycles. The fourth-order valence-corrected chi connectivity index (χ4v) is 1.21. The van der Waals surface area contributed by atoms with E-state index in [4.69, 9.17) is 28.3 Å². The van der Waals surface area contributed by atoms with Gasteiger partial charge in [0.25, 0.3) is 0 Å². The number of Topliss-reactive ketones (excluding diaryl/α,β-unsaturated/α-hetero) is 1. The topological polar surface area (TPSA) is 67.3 Å². The lowest BCUT2D eigenvalue weighted by Gasteiger charge is -2.00. The van der Waals surface area contributed by atoms with Gasteiger partial charge in [-0.25, -0.2) is 4.98 Å². The Labute approximate surface area is 95.8 Å². The smallest absolute Gasteiger partial charge is 0.303 e. The van der Waals surface area contributed by atoms with Crippen LogP contribution in [-0.2, 0) is 4.79 Å². The van der Waals surface area contributed by atoms with E-state index in [0.29, 0.717) is 0 Å². The average molecular weight is 248 g/mol. The standard InChI is InChI=1S/C9H7Cl2NO3/c10-6-3-5(4-12-9(6)11)7(13)1-2-8(14)15/h3-4H,1-2H2,(H,14,15). The van der Waals surface area contributed by atoms with Crippen LogP contribution < -0.4 is 0 Å². The molecule has 0 aliphatic rings. The highest BCUT2D eigenvalue weighted by atomic mass is 35.5. The Hall–Kier alpha value is -1.13. The quantitative estimate of drug-likeness (QED) is 0.656. The first-order valence-electron chi connectivity index (χ1n) is 4.06. The van der Waals surface area contributed by atoms with Gasteiger partial charge >= 0.3 is 5.97 Å². The Kier molecular flexibility index (Phi) is 4.05. The predicted octanol–water partition coefficient (Wildman–Crippen LogP) is 2.44. The Morgan fingerprint density at radius 1 is 1.33 bits per heavy atom. The maximum absolute atomic E-state index is 11.4. The number of carboxylic acid groups (broad SMARTS) is 1. The summed E-state index contributed by atoms with van der Waals surface area (Å²) in [7, 11) is 0. The van der Waals surface area contributed by atoms with Crippen molar-refractivity contribution in [2.24, 2.45) is 0 Å². The summed E-state index contributed by atoms with van der Waals surface area (Å²) in [5, 5.41) is 8.69. The molecule has 0 amide bonds. The van der Waals surface area contributed by atoms with Crippen LogP contribution in [0.5, 0.6) is 0 Å². The summed E-state index contributed by atoms with van der Waals surface area (Å²) in [4.78, 5) is 25.3. The number of aromatic nitrogens is 1. The Bertz CT molecular complexity index is 406. The number of rotatable bonds is 4. The molecule has 0 atom stereocenters. The minimum atomic E-state index is -1.02. The number of hydrogen-bond acceptors (Lipinski definition) is 3. The molecule has 15 heavy (non-hydrogen) atoms. The van der Waals surface area contributed by atoms with Crippen LogP contribution in [0.25, 0.3) is 0 Å². The number of hydrogen-bond donors (Lipinski definition) is 1. The average Bonchev–Trinajstić information content (AvgIpc) is 2.18. The highest BCUT2D eigenvalue weighted by Gasteiger charge is 2.10. The monoisotopic (exact) mass is 247 g/mol. The number of halogens is 2. The van der Waals surface area contributed by atoms with Crippen LogP contribution in [-0.4, -0.2) is 21.8 Å². The number of aliphatic carboxylic acids is 1. The number of carboxylic acids is 1. The van der Waals surface area contributed by atoms with E-state index >= 15 is 0 Å². The molecule has 1 N–H and O–H groups in total. The lowest BCUT2D eigenvalue weighted by atomic mass is 10.1. The molecule has 1 heterocycles. The summed E-state index contributed by atoms with van der Waals surface area (Å²) in [5.74, 6) is -1.33. The Morgan fingerprint density at radius 2 is 2.00 bits per heavy atom. The molecule has 0 spiro atoms. The number of ketones is 1. The summed E-state index contributed by atoms with van der Waals surface area (Å²) in [6.07, 6.45) is 0.993. The van der Waals surface area contributed by atoms with Crippen molar-refractivity contribution in [1.29, 1.82) is 0 Å². The first-order chi connectivity index (χ1) is 7.00. The number of pyridine rings is 1. The van der Waals surface area contributed by atoms with E-state index in [1.165, 1.54) is 12.3 Å². The molecule has 0 unspecified atom stereocenters. The molecule has 1 rings (SSSR count). The molecule has 0 bridgehead atoms. The van der Waals surface area contributed by atoms with Crippen molar-refractivity contribution in [3.8, 4) is 0 Å². The van der Waals surface area contributed by atoms with Crippen molar-refractivity contribution < 1.29 is 14.7 Å². The van der Waals surface area contributed by atoms with Gasteiger partial charge in [0.1, 0.15) is 5.15 Å². The summed E-state index contributed by atoms with van der Waals surface area (Å²) >= 11 is 11.2. The third-order valence-electron chi connectivity index (χ3n) is 1.68. The van der Waals surface area contributed by atoms with E-state index in [9.17, 15) is 9.59 Å². The van der Waals surface area contributed by atoms with E-state index in [-0.39, 0.29) is 34.4 Å². The van der Waals surface area contributed by atoms with E-state index in [1.807, 2.05) is 0 Å². The van der Waals surface area contributed by atoms with Crippen molar-refractivity contribution >= 4 is 35.0 Å². The van der Waals surface area contributed by atoms with E-state index in [1.54, 1.807) is 0 Å². The van der Waals surface area contributed by atoms with Crippen molar-refractivity contribution in [2.75, 3.05) is 0 Å². The molecule has 4 nitrogen and oxygen atoms in total. The molecule has 6 heteroatoms. The molecular weight excluding hydrogens is 241 g/mol. The van der Waals surface area contributed by atoms with Gasteiger partial charge in [0, 0.05) is 18.2 Å².